The third-order valence-corrected chi connectivity index (χ3v) is 11.4. The van der Waals surface area contributed by atoms with Crippen molar-refractivity contribution in [2.75, 3.05) is 17.1 Å². The normalized spacial score (nSPS) is 25.3. The van der Waals surface area contributed by atoms with Crippen molar-refractivity contribution in [1.29, 1.82) is 0 Å². The highest BCUT2D eigenvalue weighted by atomic mass is 35.5. The molecule has 2 aromatic carbocycles. The molecule has 0 aliphatic heterocycles. The van der Waals surface area contributed by atoms with Crippen molar-refractivity contribution in [3.05, 3.63) is 63.6 Å². The fourth-order valence-electron chi connectivity index (χ4n) is 7.95. The second-order valence-electron chi connectivity index (χ2n) is 14.2. The number of nitrogens with one attached hydrogen (secondary N) is 1. The van der Waals surface area contributed by atoms with Crippen LogP contribution in [0.15, 0.2) is 42.5 Å². The Balaban J connectivity index is 1.40. The minimum absolute atomic E-state index is 0.0526. The van der Waals surface area contributed by atoms with Crippen molar-refractivity contribution in [3.63, 3.8) is 0 Å². The summed E-state index contributed by atoms with van der Waals surface area (Å²) in [6, 6.07) is 12.0. The lowest BCUT2D eigenvalue weighted by molar-refractivity contribution is -0.140. The fourth-order valence-corrected chi connectivity index (χ4v) is 9.12. The van der Waals surface area contributed by atoms with Crippen LogP contribution in [0.2, 0.25) is 10.0 Å². The Morgan fingerprint density at radius 3 is 2.00 bits per heavy atom. The van der Waals surface area contributed by atoms with Gasteiger partial charge in [-0.1, -0.05) is 41.4 Å². The monoisotopic (exact) mass is 647 g/mol. The quantitative estimate of drug-likeness (QED) is 0.334. The Morgan fingerprint density at radius 2 is 1.51 bits per heavy atom. The van der Waals surface area contributed by atoms with E-state index in [0.717, 1.165) is 28.3 Å². The smallest absolute Gasteiger partial charge is 0.244 e. The van der Waals surface area contributed by atoms with Gasteiger partial charge in [-0.15, -0.1) is 0 Å². The number of rotatable bonds is 9. The van der Waals surface area contributed by atoms with E-state index >= 15 is 0 Å². The molecule has 7 nitrogen and oxygen atoms in total. The van der Waals surface area contributed by atoms with E-state index in [-0.39, 0.29) is 17.9 Å². The molecule has 0 aromatic heterocycles. The van der Waals surface area contributed by atoms with Gasteiger partial charge in [0, 0.05) is 12.1 Å². The van der Waals surface area contributed by atoms with E-state index in [1.54, 1.807) is 25.1 Å². The van der Waals surface area contributed by atoms with Crippen LogP contribution in [-0.4, -0.2) is 49.5 Å². The zero-order valence-electron chi connectivity index (χ0n) is 25.7. The van der Waals surface area contributed by atoms with Crippen molar-refractivity contribution >= 4 is 50.7 Å². The molecule has 4 fully saturated rings. The summed E-state index contributed by atoms with van der Waals surface area (Å²) in [6.45, 7) is 6.84. The summed E-state index contributed by atoms with van der Waals surface area (Å²) in [4.78, 5) is 28.5. The predicted octanol–water partition coefficient (Wildman–Crippen LogP) is 6.56. The molecule has 43 heavy (non-hydrogen) atoms. The predicted molar refractivity (Wildman–Crippen MR) is 173 cm³/mol. The van der Waals surface area contributed by atoms with Gasteiger partial charge in [-0.25, -0.2) is 8.42 Å². The molecule has 0 unspecified atom stereocenters. The van der Waals surface area contributed by atoms with Crippen LogP contribution in [0.3, 0.4) is 0 Å². The third-order valence-electron chi connectivity index (χ3n) is 9.49. The highest BCUT2D eigenvalue weighted by Crippen LogP contribution is 2.60. The van der Waals surface area contributed by atoms with Gasteiger partial charge in [0.1, 0.15) is 12.6 Å². The highest BCUT2D eigenvalue weighted by Gasteiger charge is 2.51. The molecule has 0 radical (unpaired) electrons. The molecule has 0 heterocycles. The third kappa shape index (κ3) is 7.18. The molecule has 234 valence electrons. The molecule has 4 aliphatic rings. The van der Waals surface area contributed by atoms with Gasteiger partial charge in [-0.3, -0.25) is 13.9 Å². The number of carbonyl (C=O) groups is 2. The van der Waals surface area contributed by atoms with Gasteiger partial charge in [0.05, 0.1) is 22.0 Å². The second-order valence-corrected chi connectivity index (χ2v) is 16.9. The number of hydrogen-bond donors (Lipinski definition) is 1. The van der Waals surface area contributed by atoms with Crippen LogP contribution in [0, 0.1) is 17.8 Å². The summed E-state index contributed by atoms with van der Waals surface area (Å²) in [5, 5.41) is 3.63. The number of sulfonamides is 1. The van der Waals surface area contributed by atoms with E-state index in [4.69, 9.17) is 23.2 Å². The van der Waals surface area contributed by atoms with Crippen molar-refractivity contribution in [2.45, 2.75) is 89.8 Å². The topological polar surface area (TPSA) is 86.8 Å². The van der Waals surface area contributed by atoms with E-state index in [2.05, 4.69) is 17.4 Å². The van der Waals surface area contributed by atoms with Crippen LogP contribution in [0.1, 0.15) is 77.3 Å². The first kappa shape index (κ1) is 32.1. The zero-order valence-corrected chi connectivity index (χ0v) is 28.0. The van der Waals surface area contributed by atoms with E-state index in [0.29, 0.717) is 21.3 Å². The number of carbonyl (C=O) groups excluding carboxylic acids is 2. The molecule has 4 aliphatic carbocycles. The minimum atomic E-state index is -3.82. The maximum absolute atomic E-state index is 13.9. The fraction of sp³-hybridized carbons (Fsp3) is 0.576. The van der Waals surface area contributed by atoms with Crippen LogP contribution >= 0.6 is 23.2 Å². The molecule has 4 bridgehead atoms. The van der Waals surface area contributed by atoms with Crippen molar-refractivity contribution in [3.8, 4) is 0 Å². The van der Waals surface area contributed by atoms with Crippen LogP contribution in [-0.2, 0) is 31.6 Å². The molecule has 4 saturated carbocycles. The first-order chi connectivity index (χ1) is 20.0. The number of benzene rings is 2. The summed E-state index contributed by atoms with van der Waals surface area (Å²) in [5.41, 5.74) is 2.06. The molecule has 0 spiro atoms. The van der Waals surface area contributed by atoms with E-state index in [9.17, 15) is 18.0 Å². The van der Waals surface area contributed by atoms with Crippen molar-refractivity contribution < 1.29 is 18.0 Å². The maximum Gasteiger partial charge on any atom is 0.244 e. The molecular formula is C33H43Cl2N3O4S. The SMILES string of the molecule is C[C@H](C(=O)NC(C)(C)C)N(Cc1ccc(Cl)c(Cl)c1)C(=O)CN(c1ccc(C23CC4CC(CC(C4)C2)C3)cc1)S(C)(=O)=O. The Hall–Kier alpha value is -2.29. The largest absolute Gasteiger partial charge is 0.350 e. The molecule has 1 N–H and O–H groups in total. The van der Waals surface area contributed by atoms with Gasteiger partial charge in [0.25, 0.3) is 0 Å². The minimum Gasteiger partial charge on any atom is -0.350 e. The molecular weight excluding hydrogens is 605 g/mol. The average molecular weight is 649 g/mol. The lowest BCUT2D eigenvalue weighted by Crippen LogP contribution is -2.54. The molecule has 2 aromatic rings. The number of anilines is 1. The number of amides is 2. The van der Waals surface area contributed by atoms with Crippen LogP contribution < -0.4 is 9.62 Å². The van der Waals surface area contributed by atoms with Crippen LogP contribution in [0.5, 0.6) is 0 Å². The lowest BCUT2D eigenvalue weighted by atomic mass is 9.48. The van der Waals surface area contributed by atoms with Crippen LogP contribution in [0.25, 0.3) is 0 Å². The van der Waals surface area contributed by atoms with E-state index < -0.39 is 34.1 Å². The van der Waals surface area contributed by atoms with Gasteiger partial charge in [0.2, 0.25) is 21.8 Å². The average Bonchev–Trinajstić information content (AvgIpc) is 2.89. The van der Waals surface area contributed by atoms with Gasteiger partial charge in [-0.2, -0.15) is 0 Å². The van der Waals surface area contributed by atoms with Gasteiger partial charge in [-0.05, 0) is 125 Å². The van der Waals surface area contributed by atoms with Gasteiger partial charge < -0.3 is 10.2 Å². The zero-order chi connectivity index (χ0) is 31.3. The van der Waals surface area contributed by atoms with E-state index in [1.807, 2.05) is 32.9 Å². The Morgan fingerprint density at radius 1 is 0.953 bits per heavy atom. The van der Waals surface area contributed by atoms with Crippen molar-refractivity contribution in [2.24, 2.45) is 17.8 Å². The first-order valence-electron chi connectivity index (χ1n) is 15.2. The Kier molecular flexibility index (Phi) is 8.89. The number of nitrogens with zero attached hydrogens (tertiary/aromatic N) is 2. The van der Waals surface area contributed by atoms with Crippen molar-refractivity contribution in [1.82, 2.24) is 10.2 Å². The molecule has 2 amide bonds. The number of hydrogen-bond acceptors (Lipinski definition) is 4. The standard InChI is InChI=1S/C33H43Cl2N3O4S/c1-21(31(40)36-32(2,3)4)37(19-22-6-11-28(34)29(35)15-22)30(39)20-38(43(5,41)42)27-9-7-26(8-10-27)33-16-23-12-24(17-33)14-25(13-23)18-33/h6-11,15,21,23-25H,12-14,16-20H2,1-5H3,(H,36,40)/t21-,23?,24?,25?,33?/m1/s1. The molecule has 0 saturated heterocycles. The molecule has 1 atom stereocenters. The highest BCUT2D eigenvalue weighted by molar-refractivity contribution is 7.92. The number of halogens is 2. The summed E-state index contributed by atoms with van der Waals surface area (Å²) < 4.78 is 27.3. The summed E-state index contributed by atoms with van der Waals surface area (Å²) in [5.74, 6) is 1.56. The lowest BCUT2D eigenvalue weighted by Gasteiger charge is -2.57. The Labute approximate surface area is 266 Å². The second kappa shape index (κ2) is 11.9. The maximum atomic E-state index is 13.9. The van der Waals surface area contributed by atoms with Gasteiger partial charge in [0.15, 0.2) is 0 Å². The molecule has 6 rings (SSSR count). The van der Waals surface area contributed by atoms with E-state index in [1.165, 1.54) is 49.0 Å². The molecule has 10 heteroatoms. The summed E-state index contributed by atoms with van der Waals surface area (Å²) >= 11 is 12.3. The first-order valence-corrected chi connectivity index (χ1v) is 17.8. The van der Waals surface area contributed by atoms with Crippen LogP contribution in [0.4, 0.5) is 5.69 Å². The summed E-state index contributed by atoms with van der Waals surface area (Å²) in [6.07, 6.45) is 8.80. The summed E-state index contributed by atoms with van der Waals surface area (Å²) in [7, 11) is -3.82. The van der Waals surface area contributed by atoms with Gasteiger partial charge >= 0.3 is 0 Å². The Bertz CT molecular complexity index is 1450.